The van der Waals surface area contributed by atoms with Crippen LogP contribution in [0.15, 0.2) is 48.5 Å². The Morgan fingerprint density at radius 2 is 1.65 bits per heavy atom. The summed E-state index contributed by atoms with van der Waals surface area (Å²) in [6, 6.07) is 11.5. The molecule has 0 bridgehead atoms. The van der Waals surface area contributed by atoms with Crippen LogP contribution in [0.4, 0.5) is 4.39 Å². The third-order valence-corrected chi connectivity index (χ3v) is 4.28. The maximum absolute atomic E-state index is 13.0. The van der Waals surface area contributed by atoms with Crippen LogP contribution in [0.1, 0.15) is 42.7 Å². The van der Waals surface area contributed by atoms with Crippen LogP contribution in [0.2, 0.25) is 5.02 Å². The summed E-state index contributed by atoms with van der Waals surface area (Å²) >= 11 is 5.99. The summed E-state index contributed by atoms with van der Waals surface area (Å²) in [7, 11) is 0. The molecule has 4 nitrogen and oxygen atoms in total. The predicted molar refractivity (Wildman–Crippen MR) is 101 cm³/mol. The topological polar surface area (TPSA) is 58.2 Å². The normalized spacial score (nSPS) is 13.2. The van der Waals surface area contributed by atoms with Gasteiger partial charge in [-0.05, 0) is 54.8 Å². The first-order valence-electron chi connectivity index (χ1n) is 8.40. The summed E-state index contributed by atoms with van der Waals surface area (Å²) in [5.41, 5.74) is 1.17. The molecule has 0 saturated heterocycles. The fourth-order valence-corrected chi connectivity index (χ4v) is 2.72. The van der Waals surface area contributed by atoms with Gasteiger partial charge in [-0.15, -0.1) is 0 Å². The third kappa shape index (κ3) is 5.30. The van der Waals surface area contributed by atoms with Crippen molar-refractivity contribution in [3.05, 3.63) is 70.5 Å². The van der Waals surface area contributed by atoms with Gasteiger partial charge in [-0.2, -0.15) is 0 Å². The molecule has 0 aliphatic heterocycles. The Hall–Kier alpha value is -2.40. The zero-order chi connectivity index (χ0) is 19.3. The van der Waals surface area contributed by atoms with Crippen LogP contribution in [0, 0.1) is 11.7 Å². The Labute approximate surface area is 157 Å². The van der Waals surface area contributed by atoms with E-state index in [9.17, 15) is 14.0 Å². The van der Waals surface area contributed by atoms with E-state index in [0.717, 1.165) is 5.56 Å². The Morgan fingerprint density at radius 3 is 2.23 bits per heavy atom. The van der Waals surface area contributed by atoms with E-state index < -0.39 is 17.8 Å². The van der Waals surface area contributed by atoms with E-state index in [1.165, 1.54) is 24.3 Å². The van der Waals surface area contributed by atoms with Crippen molar-refractivity contribution in [2.75, 3.05) is 0 Å². The van der Waals surface area contributed by atoms with Gasteiger partial charge in [0, 0.05) is 10.6 Å². The number of nitrogens with one attached hydrogen (secondary N) is 2. The first-order valence-corrected chi connectivity index (χ1v) is 8.78. The second-order valence-corrected chi connectivity index (χ2v) is 6.92. The molecule has 0 saturated carbocycles. The standard InChI is InChI=1S/C20H22ClFN2O2/c1-12(2)18(24-19(25)14-7-9-17(22)10-8-14)20(26)23-13(3)15-5-4-6-16(21)11-15/h4-13,18H,1-3H3,(H,23,26)(H,24,25)/t13?,18-/m0/s1. The largest absolute Gasteiger partial charge is 0.348 e. The van der Waals surface area contributed by atoms with Crippen LogP contribution in [0.5, 0.6) is 0 Å². The van der Waals surface area contributed by atoms with Crippen molar-refractivity contribution in [3.8, 4) is 0 Å². The average molecular weight is 377 g/mol. The lowest BCUT2D eigenvalue weighted by molar-refractivity contribution is -0.124. The number of benzene rings is 2. The molecule has 2 rings (SSSR count). The number of amides is 2. The van der Waals surface area contributed by atoms with Crippen molar-refractivity contribution in [2.45, 2.75) is 32.9 Å². The van der Waals surface area contributed by atoms with E-state index >= 15 is 0 Å². The maximum atomic E-state index is 13.0. The van der Waals surface area contributed by atoms with Crippen LogP contribution in [-0.4, -0.2) is 17.9 Å². The van der Waals surface area contributed by atoms with E-state index in [1.54, 1.807) is 12.1 Å². The number of rotatable bonds is 6. The molecule has 2 atom stereocenters. The molecule has 138 valence electrons. The van der Waals surface area contributed by atoms with Crippen LogP contribution >= 0.6 is 11.6 Å². The summed E-state index contributed by atoms with van der Waals surface area (Å²) in [6.07, 6.45) is 0. The first-order chi connectivity index (χ1) is 12.3. The quantitative estimate of drug-likeness (QED) is 0.797. The molecule has 6 heteroatoms. The smallest absolute Gasteiger partial charge is 0.251 e. The van der Waals surface area contributed by atoms with Gasteiger partial charge in [-0.1, -0.05) is 37.6 Å². The van der Waals surface area contributed by atoms with E-state index in [-0.39, 0.29) is 17.9 Å². The van der Waals surface area contributed by atoms with E-state index in [1.807, 2.05) is 32.9 Å². The highest BCUT2D eigenvalue weighted by Gasteiger charge is 2.26. The third-order valence-electron chi connectivity index (χ3n) is 4.05. The first kappa shape index (κ1) is 19.9. The van der Waals surface area contributed by atoms with Gasteiger partial charge in [0.1, 0.15) is 11.9 Å². The monoisotopic (exact) mass is 376 g/mol. The minimum atomic E-state index is -0.714. The fourth-order valence-electron chi connectivity index (χ4n) is 2.52. The van der Waals surface area contributed by atoms with Gasteiger partial charge in [0.2, 0.25) is 5.91 Å². The zero-order valence-electron chi connectivity index (χ0n) is 14.9. The van der Waals surface area contributed by atoms with Gasteiger partial charge in [-0.3, -0.25) is 9.59 Å². The van der Waals surface area contributed by atoms with Crippen molar-refractivity contribution >= 4 is 23.4 Å². The molecule has 2 aromatic rings. The number of carbonyl (C=O) groups is 2. The van der Waals surface area contributed by atoms with Gasteiger partial charge in [0.05, 0.1) is 6.04 Å². The highest BCUT2D eigenvalue weighted by molar-refractivity contribution is 6.30. The highest BCUT2D eigenvalue weighted by Crippen LogP contribution is 2.18. The molecule has 0 aliphatic carbocycles. The minimum Gasteiger partial charge on any atom is -0.348 e. The van der Waals surface area contributed by atoms with Crippen molar-refractivity contribution in [2.24, 2.45) is 5.92 Å². The van der Waals surface area contributed by atoms with Crippen molar-refractivity contribution in [1.29, 1.82) is 0 Å². The summed E-state index contributed by atoms with van der Waals surface area (Å²) in [5, 5.41) is 6.21. The molecular formula is C20H22ClFN2O2. The van der Waals surface area contributed by atoms with Crippen molar-refractivity contribution in [1.82, 2.24) is 10.6 Å². The summed E-state index contributed by atoms with van der Waals surface area (Å²) in [6.45, 7) is 5.54. The molecule has 1 unspecified atom stereocenters. The lowest BCUT2D eigenvalue weighted by Gasteiger charge is -2.24. The lowest BCUT2D eigenvalue weighted by Crippen LogP contribution is -2.50. The molecule has 0 fully saturated rings. The maximum Gasteiger partial charge on any atom is 0.251 e. The number of halogens is 2. The van der Waals surface area contributed by atoms with Crippen molar-refractivity contribution < 1.29 is 14.0 Å². The molecule has 0 radical (unpaired) electrons. The Bertz CT molecular complexity index is 778. The Morgan fingerprint density at radius 1 is 1.00 bits per heavy atom. The van der Waals surface area contributed by atoms with Crippen LogP contribution in [0.3, 0.4) is 0 Å². The zero-order valence-corrected chi connectivity index (χ0v) is 15.7. The van der Waals surface area contributed by atoms with E-state index in [0.29, 0.717) is 10.6 Å². The molecule has 0 aliphatic rings. The average Bonchev–Trinajstić information content (AvgIpc) is 2.59. The van der Waals surface area contributed by atoms with Crippen molar-refractivity contribution in [3.63, 3.8) is 0 Å². The Kier molecular flexibility index (Phi) is 6.75. The highest BCUT2D eigenvalue weighted by atomic mass is 35.5. The fraction of sp³-hybridized carbons (Fsp3) is 0.300. The van der Waals surface area contributed by atoms with Gasteiger partial charge < -0.3 is 10.6 Å². The number of hydrogen-bond donors (Lipinski definition) is 2. The van der Waals surface area contributed by atoms with Gasteiger partial charge >= 0.3 is 0 Å². The predicted octanol–water partition coefficient (Wildman–Crippen LogP) is 4.11. The molecule has 2 aromatic carbocycles. The second kappa shape index (κ2) is 8.81. The van der Waals surface area contributed by atoms with Gasteiger partial charge in [-0.25, -0.2) is 4.39 Å². The molecule has 0 spiro atoms. The van der Waals surface area contributed by atoms with Gasteiger partial charge in [0.15, 0.2) is 0 Å². The summed E-state index contributed by atoms with van der Waals surface area (Å²) in [5.74, 6) is -1.25. The lowest BCUT2D eigenvalue weighted by atomic mass is 10.0. The van der Waals surface area contributed by atoms with Crippen LogP contribution in [-0.2, 0) is 4.79 Å². The number of hydrogen-bond acceptors (Lipinski definition) is 2. The molecule has 2 N–H and O–H groups in total. The molecule has 0 heterocycles. The number of carbonyl (C=O) groups excluding carboxylic acids is 2. The summed E-state index contributed by atoms with van der Waals surface area (Å²) < 4.78 is 13.0. The van der Waals surface area contributed by atoms with Crippen LogP contribution < -0.4 is 10.6 Å². The molecule has 26 heavy (non-hydrogen) atoms. The Balaban J connectivity index is 2.07. The second-order valence-electron chi connectivity index (χ2n) is 6.49. The molecule has 2 amide bonds. The molecular weight excluding hydrogens is 355 g/mol. The molecule has 0 aromatic heterocycles. The van der Waals surface area contributed by atoms with E-state index in [4.69, 9.17) is 11.6 Å². The SMILES string of the molecule is CC(NC(=O)[C@@H](NC(=O)c1ccc(F)cc1)C(C)C)c1cccc(Cl)c1. The van der Waals surface area contributed by atoms with E-state index in [2.05, 4.69) is 10.6 Å². The summed E-state index contributed by atoms with van der Waals surface area (Å²) in [4.78, 5) is 25.0. The minimum absolute atomic E-state index is 0.119. The van der Waals surface area contributed by atoms with Gasteiger partial charge in [0.25, 0.3) is 5.91 Å². The van der Waals surface area contributed by atoms with Crippen LogP contribution in [0.25, 0.3) is 0 Å².